The van der Waals surface area contributed by atoms with Gasteiger partial charge in [-0.25, -0.2) is 0 Å². The van der Waals surface area contributed by atoms with Crippen molar-refractivity contribution in [2.75, 3.05) is 0 Å². The zero-order valence-corrected chi connectivity index (χ0v) is 20.6. The highest BCUT2D eigenvalue weighted by Gasteiger charge is 2.66. The van der Waals surface area contributed by atoms with Crippen molar-refractivity contribution in [2.45, 2.75) is 102 Å². The summed E-state index contributed by atoms with van der Waals surface area (Å²) in [5, 5.41) is 0. The summed E-state index contributed by atoms with van der Waals surface area (Å²) in [5.41, 5.74) is 0.843. The van der Waals surface area contributed by atoms with Crippen molar-refractivity contribution in [3.63, 3.8) is 0 Å². The van der Waals surface area contributed by atoms with Gasteiger partial charge in [0.25, 0.3) is 0 Å². The summed E-state index contributed by atoms with van der Waals surface area (Å²) in [5.74, 6) is 0. The van der Waals surface area contributed by atoms with E-state index in [-0.39, 0.29) is 38.1 Å². The minimum Gasteiger partial charge on any atom is -0.350 e. The smallest absolute Gasteiger partial charge is 0.172 e. The van der Waals surface area contributed by atoms with E-state index in [1.807, 2.05) is 0 Å². The van der Waals surface area contributed by atoms with Gasteiger partial charge in [-0.1, -0.05) is 94.7 Å². The van der Waals surface area contributed by atoms with Crippen LogP contribution in [-0.4, -0.2) is 15.4 Å². The van der Waals surface area contributed by atoms with Crippen LogP contribution in [0.3, 0.4) is 0 Å². The van der Waals surface area contributed by atoms with Crippen molar-refractivity contribution in [1.29, 1.82) is 0 Å². The molecule has 0 spiro atoms. The third-order valence-electron chi connectivity index (χ3n) is 7.62. The van der Waals surface area contributed by atoms with Crippen LogP contribution in [-0.2, 0) is 0 Å². The first-order valence-corrected chi connectivity index (χ1v) is 11.3. The molecule has 0 aromatic carbocycles. The van der Waals surface area contributed by atoms with Gasteiger partial charge in [0.05, 0.1) is 5.66 Å². The van der Waals surface area contributed by atoms with Crippen LogP contribution < -0.4 is 0 Å². The Balaban J connectivity index is 4.05. The zero-order valence-electron chi connectivity index (χ0n) is 19.7. The Kier molecular flexibility index (Phi) is 6.09. The number of hydrogen-bond acceptors (Lipinski definition) is 2. The van der Waals surface area contributed by atoms with E-state index in [2.05, 4.69) is 96.1 Å². The van der Waals surface area contributed by atoms with Gasteiger partial charge >= 0.3 is 0 Å². The second-order valence-corrected chi connectivity index (χ2v) is 13.9. The minimum absolute atomic E-state index is 0.0254. The summed E-state index contributed by atoms with van der Waals surface area (Å²) in [6.07, 6.45) is 3.20. The maximum atomic E-state index is 10.5. The summed E-state index contributed by atoms with van der Waals surface area (Å²) in [6, 6.07) is 0. The second kappa shape index (κ2) is 6.57. The highest BCUT2D eigenvalue weighted by atomic mass is 31.2. The highest BCUT2D eigenvalue weighted by Crippen LogP contribution is 2.73. The van der Waals surface area contributed by atoms with E-state index >= 15 is 0 Å². The Morgan fingerprint density at radius 2 is 1.12 bits per heavy atom. The molecule has 0 saturated carbocycles. The minimum atomic E-state index is -2.05. The van der Waals surface area contributed by atoms with Crippen LogP contribution in [0.25, 0.3) is 0 Å². The molecular weight excluding hydrogens is 339 g/mol. The van der Waals surface area contributed by atoms with Crippen molar-refractivity contribution >= 4 is 8.38 Å². The van der Waals surface area contributed by atoms with Crippen LogP contribution in [0.2, 0.25) is 0 Å². The standard InChI is InChI=1S/C23H45O2P/c1-16-14-17(26(24)25)23(20(8,9)10,21(11,12)13)15-22(16,18(2,3)4)19(5,6)7/h14,17,24-25H,15H2,1-13H3. The molecule has 0 radical (unpaired) electrons. The molecule has 154 valence electrons. The largest absolute Gasteiger partial charge is 0.350 e. The van der Waals surface area contributed by atoms with Crippen molar-refractivity contribution in [1.82, 2.24) is 0 Å². The lowest BCUT2D eigenvalue weighted by Crippen LogP contribution is -2.62. The molecule has 0 aromatic heterocycles. The molecule has 0 fully saturated rings. The van der Waals surface area contributed by atoms with E-state index in [1.165, 1.54) is 5.57 Å². The quantitative estimate of drug-likeness (QED) is 0.372. The third kappa shape index (κ3) is 3.33. The number of rotatable bonds is 1. The van der Waals surface area contributed by atoms with Crippen LogP contribution in [0.15, 0.2) is 11.6 Å². The SMILES string of the molecule is CC1=CC(P(O)O)C(C(C)(C)C)(C(C)(C)C)CC1(C(C)(C)C)C(C)(C)C. The lowest BCUT2D eigenvalue weighted by atomic mass is 9.38. The van der Waals surface area contributed by atoms with Gasteiger partial charge in [-0.3, -0.25) is 0 Å². The fraction of sp³-hybridized carbons (Fsp3) is 0.913. The summed E-state index contributed by atoms with van der Waals surface area (Å²) in [7, 11) is -2.05. The van der Waals surface area contributed by atoms with Crippen LogP contribution >= 0.6 is 8.38 Å². The summed E-state index contributed by atoms with van der Waals surface area (Å²) in [4.78, 5) is 21.0. The fourth-order valence-electron chi connectivity index (χ4n) is 6.83. The Morgan fingerprint density at radius 1 is 0.769 bits per heavy atom. The molecule has 1 rings (SSSR count). The maximum absolute atomic E-state index is 10.5. The maximum Gasteiger partial charge on any atom is 0.172 e. The van der Waals surface area contributed by atoms with Gasteiger partial charge in [-0.15, -0.1) is 0 Å². The van der Waals surface area contributed by atoms with Gasteiger partial charge in [0.1, 0.15) is 0 Å². The Hall–Kier alpha value is 0.0900. The fourth-order valence-corrected chi connectivity index (χ4v) is 8.45. The monoisotopic (exact) mass is 384 g/mol. The van der Waals surface area contributed by atoms with Crippen LogP contribution in [0.4, 0.5) is 0 Å². The molecular formula is C23H45O2P. The molecule has 1 aliphatic rings. The molecule has 26 heavy (non-hydrogen) atoms. The topological polar surface area (TPSA) is 40.5 Å². The highest BCUT2D eigenvalue weighted by molar-refractivity contribution is 7.46. The molecule has 0 amide bonds. The van der Waals surface area contributed by atoms with Gasteiger partial charge in [0.2, 0.25) is 0 Å². The summed E-state index contributed by atoms with van der Waals surface area (Å²) >= 11 is 0. The summed E-state index contributed by atoms with van der Waals surface area (Å²) in [6.45, 7) is 30.1. The molecule has 2 N–H and O–H groups in total. The van der Waals surface area contributed by atoms with E-state index in [0.29, 0.717) is 0 Å². The van der Waals surface area contributed by atoms with Crippen LogP contribution in [0.5, 0.6) is 0 Å². The molecule has 0 saturated heterocycles. The zero-order chi connectivity index (χ0) is 21.1. The Labute approximate surface area is 164 Å². The molecule has 0 heterocycles. The molecule has 3 heteroatoms. The summed E-state index contributed by atoms with van der Waals surface area (Å²) < 4.78 is 0. The van der Waals surface area contributed by atoms with Gasteiger partial charge in [0, 0.05) is 5.41 Å². The first-order chi connectivity index (χ1) is 11.2. The van der Waals surface area contributed by atoms with Crippen molar-refractivity contribution in [3.05, 3.63) is 11.6 Å². The van der Waals surface area contributed by atoms with E-state index in [4.69, 9.17) is 0 Å². The number of hydrogen-bond donors (Lipinski definition) is 2. The Morgan fingerprint density at radius 3 is 1.35 bits per heavy atom. The average molecular weight is 385 g/mol. The number of allylic oxidation sites excluding steroid dienone is 2. The van der Waals surface area contributed by atoms with Gasteiger partial charge in [0.15, 0.2) is 8.38 Å². The molecule has 0 aliphatic heterocycles. The predicted octanol–water partition coefficient (Wildman–Crippen LogP) is 7.16. The van der Waals surface area contributed by atoms with Gasteiger partial charge in [-0.05, 0) is 40.4 Å². The molecule has 1 unspecified atom stereocenters. The van der Waals surface area contributed by atoms with E-state index in [1.54, 1.807) is 0 Å². The van der Waals surface area contributed by atoms with E-state index < -0.39 is 8.38 Å². The second-order valence-electron chi connectivity index (χ2n) is 12.7. The first kappa shape index (κ1) is 24.1. The molecule has 1 atom stereocenters. The lowest BCUT2D eigenvalue weighted by Gasteiger charge is -2.68. The van der Waals surface area contributed by atoms with E-state index in [9.17, 15) is 9.79 Å². The molecule has 0 bridgehead atoms. The molecule has 2 nitrogen and oxygen atoms in total. The van der Waals surface area contributed by atoms with E-state index in [0.717, 1.165) is 6.42 Å². The third-order valence-corrected chi connectivity index (χ3v) is 8.70. The normalized spacial score (nSPS) is 24.6. The van der Waals surface area contributed by atoms with Crippen LogP contribution in [0, 0.1) is 32.5 Å². The molecule has 1 aliphatic carbocycles. The predicted molar refractivity (Wildman–Crippen MR) is 116 cm³/mol. The van der Waals surface area contributed by atoms with Gasteiger partial charge in [-0.2, -0.15) is 0 Å². The lowest BCUT2D eigenvalue weighted by molar-refractivity contribution is -0.129. The molecule has 0 aromatic rings. The van der Waals surface area contributed by atoms with Crippen molar-refractivity contribution < 1.29 is 9.79 Å². The average Bonchev–Trinajstić information content (AvgIpc) is 2.31. The van der Waals surface area contributed by atoms with Crippen molar-refractivity contribution in [3.8, 4) is 0 Å². The van der Waals surface area contributed by atoms with Crippen molar-refractivity contribution in [2.24, 2.45) is 32.5 Å². The van der Waals surface area contributed by atoms with Crippen LogP contribution in [0.1, 0.15) is 96.4 Å². The first-order valence-electron chi connectivity index (χ1n) is 10.0. The van der Waals surface area contributed by atoms with Gasteiger partial charge < -0.3 is 9.79 Å². The Bertz CT molecular complexity index is 517.